The van der Waals surface area contributed by atoms with Crippen LogP contribution in [-0.4, -0.2) is 43.8 Å². The number of anilines is 1. The number of benzene rings is 4. The quantitative estimate of drug-likeness (QED) is 0.205. The van der Waals surface area contributed by atoms with E-state index in [0.29, 0.717) is 0 Å². The van der Waals surface area contributed by atoms with Crippen LogP contribution in [0.4, 0.5) is 10.1 Å². The van der Waals surface area contributed by atoms with Crippen molar-refractivity contribution in [3.63, 3.8) is 0 Å². The molecule has 1 saturated carbocycles. The van der Waals surface area contributed by atoms with Gasteiger partial charge in [0.25, 0.3) is 10.0 Å². The summed E-state index contributed by atoms with van der Waals surface area (Å²) in [5.74, 6) is -1.35. The zero-order valence-corrected chi connectivity index (χ0v) is 25.9. The Bertz CT molecular complexity index is 1650. The molecule has 0 unspecified atom stereocenters. The molecule has 0 radical (unpaired) electrons. The number of nitrogens with one attached hydrogen (secondary N) is 1. The van der Waals surface area contributed by atoms with Gasteiger partial charge >= 0.3 is 0 Å². The number of halogens is 1. The summed E-state index contributed by atoms with van der Waals surface area (Å²) in [6, 6.07) is 30.7. The summed E-state index contributed by atoms with van der Waals surface area (Å²) < 4.78 is 42.8. The van der Waals surface area contributed by atoms with Gasteiger partial charge in [-0.3, -0.25) is 13.9 Å². The largest absolute Gasteiger partial charge is 0.352 e. The minimum atomic E-state index is -4.23. The molecule has 0 aromatic heterocycles. The Kier molecular flexibility index (Phi) is 10.6. The van der Waals surface area contributed by atoms with Crippen LogP contribution < -0.4 is 9.62 Å². The average Bonchev–Trinajstić information content (AvgIpc) is 3.07. The molecular weight excluding hydrogens is 589 g/mol. The van der Waals surface area contributed by atoms with Crippen molar-refractivity contribution in [2.75, 3.05) is 10.8 Å². The number of hydrogen-bond donors (Lipinski definition) is 1. The van der Waals surface area contributed by atoms with Gasteiger partial charge in [0.15, 0.2) is 0 Å². The van der Waals surface area contributed by atoms with Gasteiger partial charge in [-0.1, -0.05) is 98.1 Å². The Morgan fingerprint density at radius 2 is 1.31 bits per heavy atom. The van der Waals surface area contributed by atoms with Crippen LogP contribution in [0.1, 0.15) is 43.2 Å². The van der Waals surface area contributed by atoms with Crippen molar-refractivity contribution in [1.29, 1.82) is 0 Å². The summed E-state index contributed by atoms with van der Waals surface area (Å²) in [4.78, 5) is 30.0. The second kappa shape index (κ2) is 15.0. The molecule has 0 aliphatic heterocycles. The second-order valence-corrected chi connectivity index (χ2v) is 13.2. The smallest absolute Gasteiger partial charge is 0.264 e. The highest BCUT2D eigenvalue weighted by atomic mass is 32.2. The van der Waals surface area contributed by atoms with Gasteiger partial charge in [-0.15, -0.1) is 0 Å². The SMILES string of the molecule is O=C(NC1CCCCC1)[C@@H](Cc1ccccc1)N(Cc1ccccc1)C(=O)CN(c1ccc(F)cc1)S(=O)(=O)c1ccccc1. The van der Waals surface area contributed by atoms with E-state index in [1.807, 2.05) is 60.7 Å². The number of carbonyl (C=O) groups is 2. The maximum absolute atomic E-state index is 14.5. The van der Waals surface area contributed by atoms with E-state index in [2.05, 4.69) is 5.32 Å². The molecule has 9 heteroatoms. The van der Waals surface area contributed by atoms with Crippen molar-refractivity contribution in [1.82, 2.24) is 10.2 Å². The van der Waals surface area contributed by atoms with Crippen LogP contribution in [0.5, 0.6) is 0 Å². The second-order valence-electron chi connectivity index (χ2n) is 11.4. The first-order chi connectivity index (χ1) is 21.8. The minimum absolute atomic E-state index is 0.00684. The van der Waals surface area contributed by atoms with Crippen molar-refractivity contribution in [2.24, 2.45) is 0 Å². The molecule has 0 saturated heterocycles. The molecular formula is C36H38FN3O4S. The lowest BCUT2D eigenvalue weighted by Crippen LogP contribution is -2.55. The van der Waals surface area contributed by atoms with E-state index in [4.69, 9.17) is 0 Å². The summed E-state index contributed by atoms with van der Waals surface area (Å²) in [7, 11) is -4.23. The number of sulfonamides is 1. The molecule has 2 amide bonds. The molecule has 5 rings (SSSR count). The van der Waals surface area contributed by atoms with E-state index in [1.54, 1.807) is 18.2 Å². The van der Waals surface area contributed by atoms with Crippen LogP contribution in [0.3, 0.4) is 0 Å². The maximum Gasteiger partial charge on any atom is 0.264 e. The van der Waals surface area contributed by atoms with Gasteiger partial charge in [-0.05, 0) is 60.4 Å². The van der Waals surface area contributed by atoms with Crippen molar-refractivity contribution in [2.45, 2.75) is 62.0 Å². The van der Waals surface area contributed by atoms with Gasteiger partial charge in [-0.25, -0.2) is 12.8 Å². The highest BCUT2D eigenvalue weighted by Crippen LogP contribution is 2.26. The monoisotopic (exact) mass is 627 g/mol. The van der Waals surface area contributed by atoms with E-state index in [9.17, 15) is 22.4 Å². The van der Waals surface area contributed by atoms with Crippen molar-refractivity contribution >= 4 is 27.5 Å². The standard InChI is InChI=1S/C36H38FN3O4S/c37-30-21-23-32(24-22-30)40(45(43,44)33-19-11-4-12-20-33)27-35(41)39(26-29-15-7-2-8-16-29)34(25-28-13-5-1-6-14-28)36(42)38-31-17-9-3-10-18-31/h1-2,4-8,11-16,19-24,31,34H,3,9-10,17-18,25-27H2,(H,38,42)/t34-/m1/s1. The Labute approximate surface area is 264 Å². The lowest BCUT2D eigenvalue weighted by atomic mass is 9.94. The zero-order valence-electron chi connectivity index (χ0n) is 25.1. The van der Waals surface area contributed by atoms with Gasteiger partial charge in [-0.2, -0.15) is 0 Å². The predicted molar refractivity (Wildman–Crippen MR) is 173 cm³/mol. The van der Waals surface area contributed by atoms with Gasteiger partial charge < -0.3 is 10.2 Å². The Hall–Kier alpha value is -4.50. The number of amides is 2. The minimum Gasteiger partial charge on any atom is -0.352 e. The molecule has 1 aliphatic carbocycles. The Morgan fingerprint density at radius 3 is 1.91 bits per heavy atom. The average molecular weight is 628 g/mol. The summed E-state index contributed by atoms with van der Waals surface area (Å²) in [5.41, 5.74) is 1.81. The normalized spacial score (nSPS) is 14.3. The molecule has 1 aliphatic rings. The van der Waals surface area contributed by atoms with E-state index in [-0.39, 0.29) is 35.5 Å². The lowest BCUT2D eigenvalue weighted by Gasteiger charge is -2.35. The van der Waals surface area contributed by atoms with Crippen molar-refractivity contribution in [3.8, 4) is 0 Å². The zero-order chi connectivity index (χ0) is 31.6. The van der Waals surface area contributed by atoms with Crippen LogP contribution >= 0.6 is 0 Å². The van der Waals surface area contributed by atoms with Crippen LogP contribution in [0.15, 0.2) is 120 Å². The number of carbonyl (C=O) groups excluding carboxylic acids is 2. The maximum atomic E-state index is 14.5. The first kappa shape index (κ1) is 31.9. The molecule has 1 atom stereocenters. The summed E-state index contributed by atoms with van der Waals surface area (Å²) in [6.45, 7) is -0.490. The van der Waals surface area contributed by atoms with Crippen molar-refractivity contribution < 1.29 is 22.4 Å². The highest BCUT2D eigenvalue weighted by Gasteiger charge is 2.35. The van der Waals surface area contributed by atoms with Gasteiger partial charge in [0.2, 0.25) is 11.8 Å². The Balaban J connectivity index is 1.54. The fraction of sp³-hybridized carbons (Fsp3) is 0.278. The topological polar surface area (TPSA) is 86.8 Å². The van der Waals surface area contributed by atoms with Crippen LogP contribution in [-0.2, 0) is 32.6 Å². The van der Waals surface area contributed by atoms with E-state index < -0.39 is 34.3 Å². The molecule has 7 nitrogen and oxygen atoms in total. The van der Waals surface area contributed by atoms with Crippen LogP contribution in [0, 0.1) is 5.82 Å². The summed E-state index contributed by atoms with van der Waals surface area (Å²) in [5, 5.41) is 3.20. The summed E-state index contributed by atoms with van der Waals surface area (Å²) in [6.07, 6.45) is 5.21. The molecule has 1 N–H and O–H groups in total. The van der Waals surface area contributed by atoms with E-state index in [1.165, 1.54) is 29.2 Å². The molecule has 234 valence electrons. The molecule has 4 aromatic carbocycles. The van der Waals surface area contributed by atoms with Gasteiger partial charge in [0, 0.05) is 19.0 Å². The van der Waals surface area contributed by atoms with Crippen molar-refractivity contribution in [3.05, 3.63) is 132 Å². The van der Waals surface area contributed by atoms with Crippen LogP contribution in [0.25, 0.3) is 0 Å². The van der Waals surface area contributed by atoms with E-state index in [0.717, 1.165) is 59.7 Å². The fourth-order valence-corrected chi connectivity index (χ4v) is 7.17. The first-order valence-corrected chi connectivity index (χ1v) is 16.8. The Morgan fingerprint density at radius 1 is 0.756 bits per heavy atom. The molecule has 0 heterocycles. The predicted octanol–water partition coefficient (Wildman–Crippen LogP) is 6.11. The van der Waals surface area contributed by atoms with E-state index >= 15 is 0 Å². The molecule has 0 bridgehead atoms. The highest BCUT2D eigenvalue weighted by molar-refractivity contribution is 7.92. The first-order valence-electron chi connectivity index (χ1n) is 15.3. The third-order valence-electron chi connectivity index (χ3n) is 8.14. The van der Waals surface area contributed by atoms with Crippen LogP contribution in [0.2, 0.25) is 0 Å². The summed E-state index contributed by atoms with van der Waals surface area (Å²) >= 11 is 0. The number of rotatable bonds is 12. The number of hydrogen-bond acceptors (Lipinski definition) is 4. The molecule has 45 heavy (non-hydrogen) atoms. The van der Waals surface area contributed by atoms with Gasteiger partial charge in [0.1, 0.15) is 18.4 Å². The molecule has 0 spiro atoms. The fourth-order valence-electron chi connectivity index (χ4n) is 5.73. The molecule has 1 fully saturated rings. The number of nitrogens with zero attached hydrogens (tertiary/aromatic N) is 2. The van der Waals surface area contributed by atoms with Gasteiger partial charge in [0.05, 0.1) is 10.6 Å². The third-order valence-corrected chi connectivity index (χ3v) is 9.93. The molecule has 4 aromatic rings. The third kappa shape index (κ3) is 8.36. The lowest BCUT2D eigenvalue weighted by molar-refractivity contribution is -0.140.